The highest BCUT2D eigenvalue weighted by Gasteiger charge is 2.51. The lowest BCUT2D eigenvalue weighted by atomic mass is 9.65. The summed E-state index contributed by atoms with van der Waals surface area (Å²) in [4.78, 5) is 21.0. The van der Waals surface area contributed by atoms with E-state index in [4.69, 9.17) is 10.1 Å². The van der Waals surface area contributed by atoms with Crippen LogP contribution in [0.4, 0.5) is 19.0 Å². The van der Waals surface area contributed by atoms with E-state index in [1.54, 1.807) is 4.90 Å². The number of nitrogens with zero attached hydrogens (tertiary/aromatic N) is 4. The van der Waals surface area contributed by atoms with Gasteiger partial charge < -0.3 is 14.9 Å². The van der Waals surface area contributed by atoms with Gasteiger partial charge in [0.1, 0.15) is 11.9 Å². The first kappa shape index (κ1) is 27.5. The molecule has 6 rings (SSSR count). The average molecular weight is 559 g/mol. The van der Waals surface area contributed by atoms with Gasteiger partial charge in [-0.15, -0.1) is 0 Å². The van der Waals surface area contributed by atoms with Crippen molar-refractivity contribution in [3.05, 3.63) is 34.5 Å². The van der Waals surface area contributed by atoms with Gasteiger partial charge >= 0.3 is 6.18 Å². The van der Waals surface area contributed by atoms with Crippen molar-refractivity contribution in [2.24, 2.45) is 23.2 Å². The smallest absolute Gasteiger partial charge is 0.392 e. The zero-order chi connectivity index (χ0) is 28.2. The van der Waals surface area contributed by atoms with Crippen molar-refractivity contribution >= 4 is 11.7 Å². The number of alkyl halides is 3. The third kappa shape index (κ3) is 4.68. The number of amides is 1. The maximum absolute atomic E-state index is 13.9. The summed E-state index contributed by atoms with van der Waals surface area (Å²) in [6.07, 6.45) is 1.55. The predicted octanol–water partition coefficient (Wildman–Crippen LogP) is 2.81. The van der Waals surface area contributed by atoms with Gasteiger partial charge in [-0.3, -0.25) is 15.6 Å². The molecule has 11 heteroatoms. The van der Waals surface area contributed by atoms with Crippen LogP contribution in [0, 0.1) is 34.5 Å². The van der Waals surface area contributed by atoms with Crippen molar-refractivity contribution in [3.8, 4) is 6.07 Å². The van der Waals surface area contributed by atoms with E-state index in [0.717, 1.165) is 36.9 Å². The fraction of sp³-hybridized carbons (Fsp3) is 0.690. The number of likely N-dealkylation sites (tertiary alicyclic amines) is 1. The molecule has 1 amide bonds. The summed E-state index contributed by atoms with van der Waals surface area (Å²) in [7, 11) is 0. The van der Waals surface area contributed by atoms with Crippen LogP contribution in [0.25, 0.3) is 0 Å². The van der Waals surface area contributed by atoms with Crippen LogP contribution in [0.2, 0.25) is 0 Å². The lowest BCUT2D eigenvalue weighted by Gasteiger charge is -2.47. The van der Waals surface area contributed by atoms with Gasteiger partial charge in [-0.05, 0) is 61.0 Å². The number of nitriles is 1. The van der Waals surface area contributed by atoms with Crippen molar-refractivity contribution < 1.29 is 23.1 Å². The Morgan fingerprint density at radius 3 is 2.80 bits per heavy atom. The summed E-state index contributed by atoms with van der Waals surface area (Å²) in [6.45, 7) is 5.20. The number of carbonyl (C=O) groups excluding carboxylic acids is 1. The molecule has 0 radical (unpaired) electrons. The van der Waals surface area contributed by atoms with E-state index in [-0.39, 0.29) is 48.6 Å². The molecule has 8 nitrogen and oxygen atoms in total. The van der Waals surface area contributed by atoms with Crippen molar-refractivity contribution in [2.75, 3.05) is 44.2 Å². The number of nitrogens with one attached hydrogen (secondary N) is 2. The van der Waals surface area contributed by atoms with Gasteiger partial charge in [-0.25, -0.2) is 4.98 Å². The molecule has 4 heterocycles. The fourth-order valence-electron chi connectivity index (χ4n) is 8.08. The van der Waals surface area contributed by atoms with Gasteiger partial charge in [0.05, 0.1) is 18.1 Å². The predicted molar refractivity (Wildman–Crippen MR) is 142 cm³/mol. The first-order valence-electron chi connectivity index (χ1n) is 14.5. The highest BCUT2D eigenvalue weighted by atomic mass is 19.4. The zero-order valence-corrected chi connectivity index (χ0v) is 22.8. The number of pyridine rings is 1. The highest BCUT2D eigenvalue weighted by Crippen LogP contribution is 2.50. The summed E-state index contributed by atoms with van der Waals surface area (Å²) in [5.41, 5.74) is 9.41. The number of hydrogen-bond acceptors (Lipinski definition) is 7. The number of aromatic nitrogens is 1. The van der Waals surface area contributed by atoms with Crippen LogP contribution >= 0.6 is 0 Å². The minimum atomic E-state index is -4.28. The molecule has 1 aromatic rings. The minimum Gasteiger partial charge on any atom is -0.392 e. The Bertz CT molecular complexity index is 1240. The molecule has 1 saturated carbocycles. The molecule has 3 saturated heterocycles. The van der Waals surface area contributed by atoms with Crippen LogP contribution in [-0.2, 0) is 17.6 Å². The highest BCUT2D eigenvalue weighted by molar-refractivity contribution is 5.88. The third-order valence-corrected chi connectivity index (χ3v) is 10.1. The van der Waals surface area contributed by atoms with Gasteiger partial charge in [0, 0.05) is 62.4 Å². The number of aliphatic hydroxyl groups excluding tert-OH is 1. The topological polar surface area (TPSA) is 105 Å². The monoisotopic (exact) mass is 558 g/mol. The van der Waals surface area contributed by atoms with Crippen molar-refractivity contribution in [1.82, 2.24) is 20.7 Å². The quantitative estimate of drug-likeness (QED) is 0.489. The molecule has 1 aromatic heterocycles. The first-order valence-corrected chi connectivity index (χ1v) is 14.5. The van der Waals surface area contributed by atoms with Crippen molar-refractivity contribution in [1.29, 1.82) is 5.26 Å². The Morgan fingerprint density at radius 2 is 2.08 bits per heavy atom. The molecular weight excluding hydrogens is 521 g/mol. The van der Waals surface area contributed by atoms with Crippen LogP contribution in [0.5, 0.6) is 0 Å². The van der Waals surface area contributed by atoms with E-state index < -0.39 is 12.1 Å². The van der Waals surface area contributed by atoms with E-state index in [9.17, 15) is 23.2 Å². The first-order chi connectivity index (χ1) is 19.1. The molecule has 216 valence electrons. The molecule has 3 N–H and O–H groups in total. The molecule has 40 heavy (non-hydrogen) atoms. The van der Waals surface area contributed by atoms with Gasteiger partial charge in [0.15, 0.2) is 0 Å². The van der Waals surface area contributed by atoms with E-state index in [1.807, 2.05) is 0 Å². The summed E-state index contributed by atoms with van der Waals surface area (Å²) < 4.78 is 41.6. The van der Waals surface area contributed by atoms with Crippen LogP contribution in [0.1, 0.15) is 60.9 Å². The Balaban J connectivity index is 1.37. The second-order valence-electron chi connectivity index (χ2n) is 12.6. The molecule has 2 aliphatic carbocycles. The summed E-state index contributed by atoms with van der Waals surface area (Å²) >= 11 is 0. The molecule has 0 aromatic carbocycles. The van der Waals surface area contributed by atoms with Gasteiger partial charge in [-0.1, -0.05) is 13.0 Å². The molecule has 4 fully saturated rings. The van der Waals surface area contributed by atoms with E-state index in [2.05, 4.69) is 28.7 Å². The second kappa shape index (κ2) is 10.3. The molecule has 5 atom stereocenters. The van der Waals surface area contributed by atoms with Crippen molar-refractivity contribution in [2.45, 2.75) is 63.6 Å². The summed E-state index contributed by atoms with van der Waals surface area (Å²) in [5.74, 6) is -0.399. The number of anilines is 1. The van der Waals surface area contributed by atoms with E-state index in [1.165, 1.54) is 12.2 Å². The number of aliphatic hydroxyl groups is 1. The SMILES string of the molecule is CC1CCC2NNCC2C1c1c(C#N)c(N2CCC3(CN(C(=O)/C=C/CO)C3)C2)nc2c1CCC(C(F)(F)F)C2. The second-order valence-corrected chi connectivity index (χ2v) is 12.6. The van der Waals surface area contributed by atoms with Crippen LogP contribution in [-0.4, -0.2) is 72.4 Å². The number of halogens is 3. The van der Waals surface area contributed by atoms with E-state index >= 15 is 0 Å². The van der Waals surface area contributed by atoms with Crippen LogP contribution in [0.15, 0.2) is 12.2 Å². The van der Waals surface area contributed by atoms with Crippen molar-refractivity contribution in [3.63, 3.8) is 0 Å². The number of carbonyl (C=O) groups is 1. The normalized spacial score (nSPS) is 31.2. The molecule has 0 bridgehead atoms. The lowest BCUT2D eigenvalue weighted by Crippen LogP contribution is -2.59. The van der Waals surface area contributed by atoms with Crippen LogP contribution in [0.3, 0.4) is 0 Å². The van der Waals surface area contributed by atoms with Gasteiger partial charge in [0.2, 0.25) is 5.91 Å². The Labute approximate surface area is 232 Å². The third-order valence-electron chi connectivity index (χ3n) is 10.1. The summed E-state index contributed by atoms with van der Waals surface area (Å²) in [6, 6.07) is 2.76. The molecule has 5 unspecified atom stereocenters. The zero-order valence-electron chi connectivity index (χ0n) is 22.8. The Hall–Kier alpha value is -2.68. The Kier molecular flexibility index (Phi) is 7.08. The fourth-order valence-corrected chi connectivity index (χ4v) is 8.08. The molecular formula is C29H37F3N6O2. The average Bonchev–Trinajstić information content (AvgIpc) is 3.57. The number of hydrogen-bond donors (Lipinski definition) is 3. The molecule has 5 aliphatic rings. The van der Waals surface area contributed by atoms with Gasteiger partial charge in [0.25, 0.3) is 0 Å². The maximum Gasteiger partial charge on any atom is 0.392 e. The molecule has 1 spiro atoms. The Morgan fingerprint density at radius 1 is 1.27 bits per heavy atom. The number of fused-ring (bicyclic) bond motifs is 2. The standard InChI is InChI=1S/C29H37F3N6O2/c1-17-4-7-22-21(13-34-36-22)25(17)26-19-6-5-18(29(30,31)32)11-23(19)35-27(20(26)12-33)37-9-8-28(14-37)15-38(16-28)24(40)3-2-10-39/h2-3,17-18,21-22,25,34,36,39H,4-11,13-16H2,1H3/b3-2+. The lowest BCUT2D eigenvalue weighted by molar-refractivity contribution is -0.177. The summed E-state index contributed by atoms with van der Waals surface area (Å²) in [5, 5.41) is 19.6. The van der Waals surface area contributed by atoms with Crippen LogP contribution < -0.4 is 15.8 Å². The van der Waals surface area contributed by atoms with E-state index in [0.29, 0.717) is 55.6 Å². The largest absolute Gasteiger partial charge is 0.392 e. The van der Waals surface area contributed by atoms with Gasteiger partial charge in [-0.2, -0.15) is 18.4 Å². The number of hydrazine groups is 1. The number of rotatable bonds is 4. The minimum absolute atomic E-state index is 0.0303. The molecule has 3 aliphatic heterocycles. The maximum atomic E-state index is 13.9.